The molecule has 3 heteroatoms. The van der Waals surface area contributed by atoms with Crippen LogP contribution in [0.5, 0.6) is 5.75 Å². The van der Waals surface area contributed by atoms with Gasteiger partial charge in [-0.05, 0) is 38.5 Å². The first-order valence-corrected chi connectivity index (χ1v) is 6.85. The third-order valence-electron chi connectivity index (χ3n) is 3.32. The third kappa shape index (κ3) is 3.72. The summed E-state index contributed by atoms with van der Waals surface area (Å²) in [6.07, 6.45) is 0.240. The second-order valence-corrected chi connectivity index (χ2v) is 5.33. The minimum absolute atomic E-state index is 0.240. The van der Waals surface area contributed by atoms with Crippen LogP contribution < -0.4 is 10.1 Å². The lowest BCUT2D eigenvalue weighted by Crippen LogP contribution is -2.49. The van der Waals surface area contributed by atoms with Crippen molar-refractivity contribution < 1.29 is 4.74 Å². The number of nitrogens with one attached hydrogen (secondary N) is 1. The average molecular weight is 248 g/mol. The molecule has 3 nitrogen and oxygen atoms in total. The van der Waals surface area contributed by atoms with E-state index in [-0.39, 0.29) is 6.10 Å². The van der Waals surface area contributed by atoms with Crippen LogP contribution in [0.2, 0.25) is 0 Å². The van der Waals surface area contributed by atoms with E-state index in [2.05, 4.69) is 55.3 Å². The highest BCUT2D eigenvalue weighted by molar-refractivity contribution is 5.27. The highest BCUT2D eigenvalue weighted by Crippen LogP contribution is 2.16. The van der Waals surface area contributed by atoms with Gasteiger partial charge in [0.25, 0.3) is 0 Å². The van der Waals surface area contributed by atoms with Crippen LogP contribution in [0.1, 0.15) is 26.3 Å². The van der Waals surface area contributed by atoms with Crippen molar-refractivity contribution in [1.82, 2.24) is 10.2 Å². The van der Waals surface area contributed by atoms with Crippen molar-refractivity contribution >= 4 is 0 Å². The summed E-state index contributed by atoms with van der Waals surface area (Å²) >= 11 is 0. The van der Waals surface area contributed by atoms with Crippen LogP contribution in [-0.2, 0) is 6.54 Å². The number of piperazine rings is 1. The number of hydrogen-bond donors (Lipinski definition) is 1. The Kier molecular flexibility index (Phi) is 4.61. The molecule has 100 valence electrons. The Balaban J connectivity index is 1.93. The molecule has 0 aliphatic carbocycles. The van der Waals surface area contributed by atoms with Gasteiger partial charge in [0.05, 0.1) is 6.10 Å². The average Bonchev–Trinajstić information content (AvgIpc) is 2.34. The predicted octanol–water partition coefficient (Wildman–Crippen LogP) is 2.27. The van der Waals surface area contributed by atoms with Crippen molar-refractivity contribution in [3.05, 3.63) is 29.8 Å². The molecule has 0 saturated carbocycles. The molecule has 1 heterocycles. The van der Waals surface area contributed by atoms with Gasteiger partial charge in [-0.25, -0.2) is 0 Å². The molecule has 1 aromatic rings. The van der Waals surface area contributed by atoms with Gasteiger partial charge in [0.1, 0.15) is 5.75 Å². The van der Waals surface area contributed by atoms with Gasteiger partial charge in [-0.3, -0.25) is 4.90 Å². The summed E-state index contributed by atoms with van der Waals surface area (Å²) < 4.78 is 5.66. The second-order valence-electron chi connectivity index (χ2n) is 5.33. The van der Waals surface area contributed by atoms with Crippen LogP contribution in [0.25, 0.3) is 0 Å². The number of ether oxygens (including phenoxy) is 1. The highest BCUT2D eigenvalue weighted by atomic mass is 16.5. The summed E-state index contributed by atoms with van der Waals surface area (Å²) in [6, 6.07) is 9.11. The first-order valence-electron chi connectivity index (χ1n) is 6.85. The van der Waals surface area contributed by atoms with Gasteiger partial charge in [0, 0.05) is 32.2 Å². The normalized spacial score (nSPS) is 21.2. The predicted molar refractivity (Wildman–Crippen MR) is 74.9 cm³/mol. The highest BCUT2D eigenvalue weighted by Gasteiger charge is 2.17. The lowest BCUT2D eigenvalue weighted by atomic mass is 10.1. The van der Waals surface area contributed by atoms with Crippen LogP contribution in [-0.4, -0.2) is 36.7 Å². The van der Waals surface area contributed by atoms with Gasteiger partial charge in [-0.2, -0.15) is 0 Å². The smallest absolute Gasteiger partial charge is 0.119 e. The van der Waals surface area contributed by atoms with Gasteiger partial charge in [-0.15, -0.1) is 0 Å². The molecule has 1 N–H and O–H groups in total. The minimum Gasteiger partial charge on any atom is -0.491 e. The fourth-order valence-corrected chi connectivity index (χ4v) is 2.30. The van der Waals surface area contributed by atoms with E-state index >= 15 is 0 Å². The fraction of sp³-hybridized carbons (Fsp3) is 0.600. The van der Waals surface area contributed by atoms with Crippen molar-refractivity contribution in [1.29, 1.82) is 0 Å². The number of nitrogens with zero attached hydrogens (tertiary/aromatic N) is 1. The van der Waals surface area contributed by atoms with Gasteiger partial charge in [-0.1, -0.05) is 12.1 Å². The van der Waals surface area contributed by atoms with Crippen LogP contribution in [0.3, 0.4) is 0 Å². The van der Waals surface area contributed by atoms with E-state index in [1.807, 2.05) is 0 Å². The second kappa shape index (κ2) is 6.21. The van der Waals surface area contributed by atoms with Crippen LogP contribution >= 0.6 is 0 Å². The third-order valence-corrected chi connectivity index (χ3v) is 3.32. The van der Waals surface area contributed by atoms with E-state index in [9.17, 15) is 0 Å². The molecular weight excluding hydrogens is 224 g/mol. The van der Waals surface area contributed by atoms with Crippen molar-refractivity contribution in [2.75, 3.05) is 19.6 Å². The zero-order chi connectivity index (χ0) is 13.0. The van der Waals surface area contributed by atoms with Crippen LogP contribution in [0.4, 0.5) is 0 Å². The lowest BCUT2D eigenvalue weighted by Gasteiger charge is -2.33. The molecule has 0 spiro atoms. The number of hydrogen-bond acceptors (Lipinski definition) is 3. The zero-order valence-electron chi connectivity index (χ0n) is 11.6. The Morgan fingerprint density at radius 2 is 2.06 bits per heavy atom. The van der Waals surface area contributed by atoms with E-state index in [4.69, 9.17) is 4.74 Å². The SMILES string of the molecule is CC(C)Oc1ccc(CN2CCNC[C@@H]2C)cc1. The van der Waals surface area contributed by atoms with Gasteiger partial charge >= 0.3 is 0 Å². The van der Waals surface area contributed by atoms with E-state index in [1.54, 1.807) is 0 Å². The van der Waals surface area contributed by atoms with Gasteiger partial charge in [0.2, 0.25) is 0 Å². The minimum atomic E-state index is 0.240. The van der Waals surface area contributed by atoms with E-state index in [0.29, 0.717) is 6.04 Å². The largest absolute Gasteiger partial charge is 0.491 e. The summed E-state index contributed by atoms with van der Waals surface area (Å²) in [5, 5.41) is 3.42. The quantitative estimate of drug-likeness (QED) is 0.884. The van der Waals surface area contributed by atoms with Gasteiger partial charge < -0.3 is 10.1 Å². The first kappa shape index (κ1) is 13.4. The molecule has 0 amide bonds. The Morgan fingerprint density at radius 3 is 2.67 bits per heavy atom. The fourth-order valence-electron chi connectivity index (χ4n) is 2.30. The molecule has 1 aromatic carbocycles. The van der Waals surface area contributed by atoms with Crippen molar-refractivity contribution in [2.45, 2.75) is 39.5 Å². The van der Waals surface area contributed by atoms with Crippen molar-refractivity contribution in [3.8, 4) is 5.75 Å². The summed E-state index contributed by atoms with van der Waals surface area (Å²) in [5.74, 6) is 0.960. The number of rotatable bonds is 4. The molecule has 0 bridgehead atoms. The monoisotopic (exact) mass is 248 g/mol. The molecule has 0 unspecified atom stereocenters. The zero-order valence-corrected chi connectivity index (χ0v) is 11.6. The Bertz CT molecular complexity index is 361. The topological polar surface area (TPSA) is 24.5 Å². The Labute approximate surface area is 110 Å². The maximum Gasteiger partial charge on any atom is 0.119 e. The molecule has 1 atom stereocenters. The standard InChI is InChI=1S/C15H24N2O/c1-12(2)18-15-6-4-14(5-7-15)11-17-9-8-16-10-13(17)3/h4-7,12-13,16H,8-11H2,1-3H3/t13-/m0/s1. The summed E-state index contributed by atoms with van der Waals surface area (Å²) in [6.45, 7) is 10.7. The van der Waals surface area contributed by atoms with Crippen molar-refractivity contribution in [2.24, 2.45) is 0 Å². The van der Waals surface area contributed by atoms with Crippen molar-refractivity contribution in [3.63, 3.8) is 0 Å². The molecule has 1 aliphatic heterocycles. The van der Waals surface area contributed by atoms with E-state index < -0.39 is 0 Å². The van der Waals surface area contributed by atoms with Crippen LogP contribution in [0, 0.1) is 0 Å². The summed E-state index contributed by atoms with van der Waals surface area (Å²) in [5.41, 5.74) is 1.36. The molecule has 1 saturated heterocycles. The van der Waals surface area contributed by atoms with Gasteiger partial charge in [0.15, 0.2) is 0 Å². The van der Waals surface area contributed by atoms with E-state index in [1.165, 1.54) is 5.56 Å². The molecular formula is C15H24N2O. The maximum atomic E-state index is 5.66. The Morgan fingerprint density at radius 1 is 1.33 bits per heavy atom. The molecule has 18 heavy (non-hydrogen) atoms. The van der Waals surface area contributed by atoms with Crippen LogP contribution in [0.15, 0.2) is 24.3 Å². The first-order chi connectivity index (χ1) is 8.65. The molecule has 1 fully saturated rings. The lowest BCUT2D eigenvalue weighted by molar-refractivity contribution is 0.165. The molecule has 2 rings (SSSR count). The summed E-state index contributed by atoms with van der Waals surface area (Å²) in [4.78, 5) is 2.52. The Hall–Kier alpha value is -1.06. The van der Waals surface area contributed by atoms with E-state index in [0.717, 1.165) is 31.9 Å². The molecule has 0 radical (unpaired) electrons. The maximum absolute atomic E-state index is 5.66. The molecule has 0 aromatic heterocycles. The number of benzene rings is 1. The summed E-state index contributed by atoms with van der Waals surface area (Å²) in [7, 11) is 0. The molecule has 1 aliphatic rings.